The predicted molar refractivity (Wildman–Crippen MR) is 145 cm³/mol. The fraction of sp³-hybridized carbons (Fsp3) is 0.600. The topological polar surface area (TPSA) is 26.7 Å². The van der Waals surface area contributed by atoms with Crippen LogP contribution in [0.5, 0.6) is 0 Å². The van der Waals surface area contributed by atoms with Crippen LogP contribution in [0.25, 0.3) is 0 Å². The van der Waals surface area contributed by atoms with E-state index < -0.39 is 0 Å². The highest BCUT2D eigenvalue weighted by atomic mass is 35.5. The molecule has 1 unspecified atom stereocenters. The molecule has 3 nitrogen and oxygen atoms in total. The smallest absolute Gasteiger partial charge is 0.0723 e. The van der Waals surface area contributed by atoms with Crippen LogP contribution in [0, 0.1) is 29.1 Å². The van der Waals surface area contributed by atoms with Crippen molar-refractivity contribution in [1.29, 1.82) is 0 Å². The molecule has 0 amide bonds. The fourth-order valence-corrected chi connectivity index (χ4v) is 9.88. The summed E-state index contributed by atoms with van der Waals surface area (Å²) in [5.74, 6) is 3.38. The zero-order valence-corrected chi connectivity index (χ0v) is 22.1. The number of fused-ring (bicyclic) bond motifs is 2. The van der Waals surface area contributed by atoms with Crippen LogP contribution >= 0.6 is 23.4 Å². The molecule has 8 rings (SSSR count). The normalized spacial score (nSPS) is 33.0. The van der Waals surface area contributed by atoms with E-state index in [2.05, 4.69) is 46.2 Å². The predicted octanol–water partition coefficient (Wildman–Crippen LogP) is 7.23. The number of rotatable bonds is 5. The summed E-state index contributed by atoms with van der Waals surface area (Å²) >= 11 is 8.28. The van der Waals surface area contributed by atoms with Crippen LogP contribution in [0.15, 0.2) is 52.3 Å². The lowest BCUT2D eigenvalue weighted by molar-refractivity contribution is -0.127. The van der Waals surface area contributed by atoms with Gasteiger partial charge in [-0.05, 0) is 124 Å². The Labute approximate surface area is 219 Å². The molecule has 6 aliphatic rings. The quantitative estimate of drug-likeness (QED) is 0.460. The molecule has 2 aliphatic heterocycles. The molecule has 2 heterocycles. The van der Waals surface area contributed by atoms with Crippen LogP contribution in [-0.4, -0.2) is 42.3 Å². The van der Waals surface area contributed by atoms with E-state index in [1.54, 1.807) is 0 Å². The Bertz CT molecular complexity index is 1060. The largest absolute Gasteiger partial charge is 0.391 e. The number of piperidine rings is 1. The van der Waals surface area contributed by atoms with Gasteiger partial charge in [-0.15, -0.1) is 0 Å². The van der Waals surface area contributed by atoms with Crippen molar-refractivity contribution in [2.75, 3.05) is 31.1 Å². The molecule has 0 radical (unpaired) electrons. The van der Waals surface area contributed by atoms with Crippen molar-refractivity contribution in [3.05, 3.63) is 47.5 Å². The average Bonchev–Trinajstić information content (AvgIpc) is 2.84. The van der Waals surface area contributed by atoms with Crippen LogP contribution in [0.4, 0.5) is 11.4 Å². The first-order valence-corrected chi connectivity index (χ1v) is 15.0. The maximum Gasteiger partial charge on any atom is 0.0723 e. The zero-order valence-electron chi connectivity index (χ0n) is 20.5. The summed E-state index contributed by atoms with van der Waals surface area (Å²) in [6.45, 7) is 4.15. The molecule has 5 heteroatoms. The van der Waals surface area contributed by atoms with E-state index in [9.17, 15) is 5.11 Å². The maximum absolute atomic E-state index is 11.5. The van der Waals surface area contributed by atoms with Crippen LogP contribution in [0.2, 0.25) is 5.02 Å². The zero-order chi connectivity index (χ0) is 23.6. The minimum atomic E-state index is -0.132. The number of nitrogens with zero attached hydrogens (tertiary/aromatic N) is 2. The molecule has 1 N–H and O–H groups in total. The lowest BCUT2D eigenvalue weighted by atomic mass is 9.48. The van der Waals surface area contributed by atoms with Gasteiger partial charge in [-0.1, -0.05) is 35.5 Å². The first kappa shape index (κ1) is 23.0. The Kier molecular flexibility index (Phi) is 5.89. The standard InChI is InChI=1S/C30H37ClN2OS/c31-24-5-6-28-26(14-24)33(25-3-1-2-4-27(25)35-28)18-20-7-9-32(10-8-20)19-29(34)30-15-21-11-22(16-30)13-23(12-21)17-30/h1-6,14,20-23,29,34H,7-13,15-19H2. The van der Waals surface area contributed by atoms with Gasteiger partial charge in [0.2, 0.25) is 0 Å². The number of anilines is 2. The second kappa shape index (κ2) is 8.97. The van der Waals surface area contributed by atoms with Gasteiger partial charge in [0.15, 0.2) is 0 Å². The summed E-state index contributed by atoms with van der Waals surface area (Å²) in [6, 6.07) is 15.1. The third kappa shape index (κ3) is 4.23. The van der Waals surface area contributed by atoms with E-state index in [0.717, 1.165) is 49.0 Å². The fourth-order valence-electron chi connectivity index (χ4n) is 8.63. The molecule has 4 bridgehead atoms. The minimum absolute atomic E-state index is 0.132. The second-order valence-corrected chi connectivity index (χ2v) is 13.9. The molecule has 2 aromatic rings. The molecule has 5 fully saturated rings. The van der Waals surface area contributed by atoms with Gasteiger partial charge in [-0.25, -0.2) is 0 Å². The Morgan fingerprint density at radius 3 is 2.29 bits per heavy atom. The van der Waals surface area contributed by atoms with Gasteiger partial charge in [0, 0.05) is 27.9 Å². The highest BCUT2D eigenvalue weighted by Crippen LogP contribution is 2.61. The summed E-state index contributed by atoms with van der Waals surface area (Å²) in [7, 11) is 0. The Morgan fingerprint density at radius 2 is 1.57 bits per heavy atom. The first-order valence-electron chi connectivity index (χ1n) is 13.8. The molecule has 1 atom stereocenters. The van der Waals surface area contributed by atoms with Gasteiger partial charge >= 0.3 is 0 Å². The molecule has 2 aromatic carbocycles. The number of likely N-dealkylation sites (tertiary alicyclic amines) is 1. The SMILES string of the molecule is OC(CN1CCC(CN2c3ccccc3Sc3ccc(Cl)cc32)CC1)C12CC3CC(CC(C3)C1)C2. The second-order valence-electron chi connectivity index (χ2n) is 12.3. The summed E-state index contributed by atoms with van der Waals surface area (Å²) in [5.41, 5.74) is 2.80. The van der Waals surface area contributed by atoms with Gasteiger partial charge in [-0.2, -0.15) is 0 Å². The number of halogens is 1. The molecule has 0 spiro atoms. The average molecular weight is 509 g/mol. The van der Waals surface area contributed by atoms with Crippen LogP contribution in [0.1, 0.15) is 51.4 Å². The Hall–Kier alpha value is -1.20. The first-order chi connectivity index (χ1) is 17.0. The number of β-amino-alcohol motifs (C(OH)–C–C–N with tert-alkyl or cyclic N) is 1. The van der Waals surface area contributed by atoms with Crippen molar-refractivity contribution in [3.63, 3.8) is 0 Å². The van der Waals surface area contributed by atoms with E-state index in [-0.39, 0.29) is 11.5 Å². The molecule has 186 valence electrons. The molecule has 35 heavy (non-hydrogen) atoms. The summed E-state index contributed by atoms with van der Waals surface area (Å²) < 4.78 is 0. The Morgan fingerprint density at radius 1 is 0.914 bits per heavy atom. The van der Waals surface area contributed by atoms with E-state index in [1.807, 2.05) is 17.8 Å². The lowest BCUT2D eigenvalue weighted by Crippen LogP contribution is -2.55. The van der Waals surface area contributed by atoms with Crippen molar-refractivity contribution in [3.8, 4) is 0 Å². The molecule has 4 saturated carbocycles. The van der Waals surface area contributed by atoms with Gasteiger partial charge < -0.3 is 14.9 Å². The van der Waals surface area contributed by atoms with E-state index in [1.165, 1.54) is 72.5 Å². The molecule has 1 saturated heterocycles. The van der Waals surface area contributed by atoms with Crippen molar-refractivity contribution in [2.45, 2.75) is 67.3 Å². The molecule has 4 aliphatic carbocycles. The van der Waals surface area contributed by atoms with Crippen LogP contribution in [-0.2, 0) is 0 Å². The highest BCUT2D eigenvalue weighted by Gasteiger charge is 2.54. The van der Waals surface area contributed by atoms with E-state index >= 15 is 0 Å². The minimum Gasteiger partial charge on any atom is -0.391 e. The summed E-state index contributed by atoms with van der Waals surface area (Å²) in [6.07, 6.45) is 10.5. The van der Waals surface area contributed by atoms with E-state index in [4.69, 9.17) is 11.6 Å². The third-order valence-corrected chi connectivity index (χ3v) is 11.3. The molecular weight excluding hydrogens is 472 g/mol. The molecule has 0 aromatic heterocycles. The van der Waals surface area contributed by atoms with Crippen LogP contribution in [0.3, 0.4) is 0 Å². The van der Waals surface area contributed by atoms with E-state index in [0.29, 0.717) is 5.92 Å². The van der Waals surface area contributed by atoms with Crippen molar-refractivity contribution < 1.29 is 5.11 Å². The monoisotopic (exact) mass is 508 g/mol. The number of para-hydroxylation sites is 1. The maximum atomic E-state index is 11.5. The number of aliphatic hydroxyl groups excluding tert-OH is 1. The highest BCUT2D eigenvalue weighted by molar-refractivity contribution is 7.99. The number of hydrogen-bond acceptors (Lipinski definition) is 4. The molecular formula is C30H37ClN2OS. The summed E-state index contributed by atoms with van der Waals surface area (Å²) in [4.78, 5) is 7.71. The van der Waals surface area contributed by atoms with Gasteiger partial charge in [-0.3, -0.25) is 0 Å². The van der Waals surface area contributed by atoms with Crippen molar-refractivity contribution in [2.24, 2.45) is 29.1 Å². The van der Waals surface area contributed by atoms with Gasteiger partial charge in [0.1, 0.15) is 0 Å². The third-order valence-electron chi connectivity index (χ3n) is 9.96. The number of hydrogen-bond donors (Lipinski definition) is 1. The summed E-state index contributed by atoms with van der Waals surface area (Å²) in [5, 5.41) is 12.3. The van der Waals surface area contributed by atoms with Gasteiger partial charge in [0.05, 0.1) is 17.5 Å². The Balaban J connectivity index is 1.01. The lowest BCUT2D eigenvalue weighted by Gasteiger charge is -2.59. The van der Waals surface area contributed by atoms with Crippen LogP contribution < -0.4 is 4.90 Å². The van der Waals surface area contributed by atoms with Gasteiger partial charge in [0.25, 0.3) is 0 Å². The number of benzene rings is 2. The van der Waals surface area contributed by atoms with Crippen molar-refractivity contribution in [1.82, 2.24) is 4.90 Å². The van der Waals surface area contributed by atoms with Crippen molar-refractivity contribution >= 4 is 34.7 Å². The number of aliphatic hydroxyl groups is 1.